The molecule has 2 N–H and O–H groups in total. The highest BCUT2D eigenvalue weighted by atomic mass is 16.2. The maximum atomic E-state index is 12.8. The number of urea groups is 1. The fraction of sp³-hybridized carbons (Fsp3) is 0.333. The largest absolute Gasteiger partial charge is 0.334 e. The standard InChI is InChI=1S/C24H27N3O2/c1-24(19-8-3-2-4-9-19)12-7-14-27(15-13-24)23(29)25-17-18-16-22(28)26-21-11-6-5-10-20(18)21/h2-6,8-11,16H,7,12-15,17H2,1H3,(H,25,29)(H,26,28). The number of pyridine rings is 1. The van der Waals surface area contributed by atoms with Gasteiger partial charge in [0.25, 0.3) is 0 Å². The summed E-state index contributed by atoms with van der Waals surface area (Å²) >= 11 is 0. The van der Waals surface area contributed by atoms with Gasteiger partial charge in [-0.1, -0.05) is 55.5 Å². The van der Waals surface area contributed by atoms with Crippen molar-refractivity contribution < 1.29 is 4.79 Å². The first kappa shape index (κ1) is 19.2. The number of carbonyl (C=O) groups is 1. The molecule has 0 spiro atoms. The van der Waals surface area contributed by atoms with Gasteiger partial charge in [-0.3, -0.25) is 4.79 Å². The van der Waals surface area contributed by atoms with Gasteiger partial charge in [0.05, 0.1) is 0 Å². The minimum absolute atomic E-state index is 0.0633. The number of nitrogens with one attached hydrogen (secondary N) is 2. The van der Waals surface area contributed by atoms with Gasteiger partial charge in [0.15, 0.2) is 0 Å². The van der Waals surface area contributed by atoms with E-state index >= 15 is 0 Å². The summed E-state index contributed by atoms with van der Waals surface area (Å²) in [4.78, 5) is 29.5. The number of carbonyl (C=O) groups excluding carboxylic acids is 1. The van der Waals surface area contributed by atoms with Crippen molar-refractivity contribution in [2.75, 3.05) is 13.1 Å². The van der Waals surface area contributed by atoms with E-state index in [-0.39, 0.29) is 17.0 Å². The Morgan fingerprint density at radius 2 is 1.83 bits per heavy atom. The summed E-state index contributed by atoms with van der Waals surface area (Å²) in [6.07, 6.45) is 2.99. The predicted molar refractivity (Wildman–Crippen MR) is 116 cm³/mol. The Bertz CT molecular complexity index is 1060. The van der Waals surface area contributed by atoms with Crippen LogP contribution in [-0.4, -0.2) is 29.0 Å². The van der Waals surface area contributed by atoms with Gasteiger partial charge in [0.2, 0.25) is 5.56 Å². The number of aromatic amines is 1. The molecule has 4 rings (SSSR count). The maximum Gasteiger partial charge on any atom is 0.317 e. The van der Waals surface area contributed by atoms with Crippen molar-refractivity contribution in [1.82, 2.24) is 15.2 Å². The molecule has 0 radical (unpaired) electrons. The molecule has 0 saturated carbocycles. The van der Waals surface area contributed by atoms with E-state index in [0.717, 1.165) is 48.8 Å². The molecular formula is C24H27N3O2. The lowest BCUT2D eigenvalue weighted by Crippen LogP contribution is -2.40. The SMILES string of the molecule is CC1(c2ccccc2)CCCN(C(=O)NCc2cc(=O)[nH]c3ccccc23)CC1. The summed E-state index contributed by atoms with van der Waals surface area (Å²) in [5, 5.41) is 3.98. The second-order valence-corrected chi connectivity index (χ2v) is 8.13. The summed E-state index contributed by atoms with van der Waals surface area (Å²) in [7, 11) is 0. The predicted octanol–water partition coefficient (Wildman–Crippen LogP) is 4.18. The van der Waals surface area contributed by atoms with Crippen LogP contribution < -0.4 is 10.9 Å². The van der Waals surface area contributed by atoms with Crippen LogP contribution >= 0.6 is 0 Å². The molecule has 150 valence electrons. The first-order chi connectivity index (χ1) is 14.0. The number of amides is 2. The van der Waals surface area contributed by atoms with Crippen molar-refractivity contribution >= 4 is 16.9 Å². The minimum atomic E-state index is -0.152. The third kappa shape index (κ3) is 4.19. The quantitative estimate of drug-likeness (QED) is 0.706. The zero-order valence-electron chi connectivity index (χ0n) is 16.8. The van der Waals surface area contributed by atoms with E-state index in [0.29, 0.717) is 6.54 Å². The first-order valence-electron chi connectivity index (χ1n) is 10.2. The Morgan fingerprint density at radius 1 is 1.07 bits per heavy atom. The number of hydrogen-bond donors (Lipinski definition) is 2. The third-order valence-corrected chi connectivity index (χ3v) is 6.11. The summed E-state index contributed by atoms with van der Waals surface area (Å²) in [6.45, 7) is 4.12. The molecule has 1 aliphatic heterocycles. The third-order valence-electron chi connectivity index (χ3n) is 6.11. The molecule has 5 heteroatoms. The Balaban J connectivity index is 1.43. The fourth-order valence-corrected chi connectivity index (χ4v) is 4.32. The summed E-state index contributed by atoms with van der Waals surface area (Å²) in [5.41, 5.74) is 2.91. The van der Waals surface area contributed by atoms with E-state index in [1.165, 1.54) is 5.56 Å². The number of fused-ring (bicyclic) bond motifs is 1. The monoisotopic (exact) mass is 389 g/mol. The Hall–Kier alpha value is -3.08. The lowest BCUT2D eigenvalue weighted by molar-refractivity contribution is 0.198. The van der Waals surface area contributed by atoms with E-state index in [1.807, 2.05) is 35.2 Å². The lowest BCUT2D eigenvalue weighted by atomic mass is 9.76. The smallest absolute Gasteiger partial charge is 0.317 e. The molecule has 2 aromatic carbocycles. The molecule has 2 amide bonds. The topological polar surface area (TPSA) is 65.2 Å². The van der Waals surface area contributed by atoms with Gasteiger partial charge in [-0.2, -0.15) is 0 Å². The van der Waals surface area contributed by atoms with Gasteiger partial charge >= 0.3 is 6.03 Å². The van der Waals surface area contributed by atoms with E-state index < -0.39 is 0 Å². The zero-order chi connectivity index (χ0) is 20.3. The molecule has 29 heavy (non-hydrogen) atoms. The second kappa shape index (κ2) is 8.11. The molecule has 1 fully saturated rings. The van der Waals surface area contributed by atoms with Crippen LogP contribution in [0.4, 0.5) is 4.79 Å². The molecule has 1 unspecified atom stereocenters. The number of rotatable bonds is 3. The van der Waals surface area contributed by atoms with Crippen molar-refractivity contribution in [2.24, 2.45) is 0 Å². The van der Waals surface area contributed by atoms with E-state index in [2.05, 4.69) is 41.5 Å². The van der Waals surface area contributed by atoms with E-state index in [1.54, 1.807) is 6.07 Å². The van der Waals surface area contributed by atoms with Crippen molar-refractivity contribution in [2.45, 2.75) is 38.1 Å². The van der Waals surface area contributed by atoms with Crippen molar-refractivity contribution in [3.63, 3.8) is 0 Å². The molecule has 2 heterocycles. The van der Waals surface area contributed by atoms with Crippen molar-refractivity contribution in [1.29, 1.82) is 0 Å². The van der Waals surface area contributed by atoms with Crippen molar-refractivity contribution in [3.05, 3.63) is 82.1 Å². The second-order valence-electron chi connectivity index (χ2n) is 8.13. The summed E-state index contributed by atoms with van der Waals surface area (Å²) < 4.78 is 0. The number of nitrogens with zero attached hydrogens (tertiary/aromatic N) is 1. The van der Waals surface area contributed by atoms with Gasteiger partial charge in [0.1, 0.15) is 0 Å². The van der Waals surface area contributed by atoms with Crippen LogP contribution in [0.2, 0.25) is 0 Å². The molecule has 1 aliphatic rings. The van der Waals surface area contributed by atoms with Crippen LogP contribution in [0.25, 0.3) is 10.9 Å². The van der Waals surface area contributed by atoms with Crippen LogP contribution in [0.3, 0.4) is 0 Å². The van der Waals surface area contributed by atoms with E-state index in [9.17, 15) is 9.59 Å². The minimum Gasteiger partial charge on any atom is -0.334 e. The fourth-order valence-electron chi connectivity index (χ4n) is 4.32. The number of aromatic nitrogens is 1. The Kier molecular flexibility index (Phi) is 5.38. The van der Waals surface area contributed by atoms with Crippen LogP contribution in [0.5, 0.6) is 0 Å². The summed E-state index contributed by atoms with van der Waals surface area (Å²) in [6, 6.07) is 19.8. The van der Waals surface area contributed by atoms with Gasteiger partial charge in [-0.25, -0.2) is 4.79 Å². The Labute approximate surface area is 170 Å². The zero-order valence-corrected chi connectivity index (χ0v) is 16.8. The lowest BCUT2D eigenvalue weighted by Gasteiger charge is -2.29. The highest BCUT2D eigenvalue weighted by Gasteiger charge is 2.30. The molecular weight excluding hydrogens is 362 g/mol. The van der Waals surface area contributed by atoms with Crippen LogP contribution in [0, 0.1) is 0 Å². The molecule has 1 atom stereocenters. The molecule has 1 saturated heterocycles. The highest BCUT2D eigenvalue weighted by molar-refractivity contribution is 5.82. The summed E-state index contributed by atoms with van der Waals surface area (Å²) in [5.74, 6) is 0. The molecule has 5 nitrogen and oxygen atoms in total. The van der Waals surface area contributed by atoms with E-state index in [4.69, 9.17) is 0 Å². The average molecular weight is 389 g/mol. The first-order valence-corrected chi connectivity index (χ1v) is 10.2. The number of para-hydroxylation sites is 1. The van der Waals surface area contributed by atoms with Gasteiger partial charge in [-0.05, 0) is 41.9 Å². The molecule has 3 aromatic rings. The van der Waals surface area contributed by atoms with Gasteiger partial charge in [0, 0.05) is 36.6 Å². The average Bonchev–Trinajstić information content (AvgIpc) is 2.95. The van der Waals surface area contributed by atoms with Crippen LogP contribution in [0.15, 0.2) is 65.5 Å². The number of H-pyrrole nitrogens is 1. The highest BCUT2D eigenvalue weighted by Crippen LogP contribution is 2.34. The molecule has 0 aliphatic carbocycles. The van der Waals surface area contributed by atoms with Crippen LogP contribution in [-0.2, 0) is 12.0 Å². The Morgan fingerprint density at radius 3 is 2.66 bits per heavy atom. The van der Waals surface area contributed by atoms with Gasteiger partial charge < -0.3 is 15.2 Å². The number of benzene rings is 2. The number of likely N-dealkylation sites (tertiary alicyclic amines) is 1. The normalized spacial score (nSPS) is 19.7. The van der Waals surface area contributed by atoms with Crippen molar-refractivity contribution in [3.8, 4) is 0 Å². The number of hydrogen-bond acceptors (Lipinski definition) is 2. The maximum absolute atomic E-state index is 12.8. The van der Waals surface area contributed by atoms with Crippen LogP contribution in [0.1, 0.15) is 37.3 Å². The molecule has 1 aromatic heterocycles. The molecule has 0 bridgehead atoms. The van der Waals surface area contributed by atoms with Gasteiger partial charge in [-0.15, -0.1) is 0 Å².